The third-order valence-electron chi connectivity index (χ3n) is 3.99. The zero-order valence-corrected chi connectivity index (χ0v) is 16.4. The van der Waals surface area contributed by atoms with Crippen LogP contribution in [0.25, 0.3) is 10.8 Å². The van der Waals surface area contributed by atoms with Gasteiger partial charge in [0.15, 0.2) is 0 Å². The van der Waals surface area contributed by atoms with E-state index in [1.54, 1.807) is 11.3 Å². The van der Waals surface area contributed by atoms with Gasteiger partial charge in [0.05, 0.1) is 11.2 Å². The molecule has 1 aromatic heterocycles. The number of carbonyl (C=O) groups is 2. The van der Waals surface area contributed by atoms with E-state index < -0.39 is 11.9 Å². The molecule has 1 atom stereocenters. The number of nitrogens with zero attached hydrogens (tertiary/aromatic N) is 1. The van der Waals surface area contributed by atoms with E-state index in [2.05, 4.69) is 59.0 Å². The highest BCUT2D eigenvalue weighted by molar-refractivity contribution is 7.07. The van der Waals surface area contributed by atoms with Gasteiger partial charge in [-0.15, -0.1) is 11.3 Å². The van der Waals surface area contributed by atoms with Gasteiger partial charge in [0.25, 0.3) is 0 Å². The van der Waals surface area contributed by atoms with Crippen molar-refractivity contribution >= 4 is 34.0 Å². The van der Waals surface area contributed by atoms with E-state index in [1.807, 2.05) is 12.6 Å². The van der Waals surface area contributed by atoms with Crippen LogP contribution in [-0.4, -0.2) is 40.7 Å². The molecule has 0 aliphatic heterocycles. The molecule has 0 fully saturated rings. The first-order valence-electron chi connectivity index (χ1n) is 8.58. The number of carboxylic acids is 2. The molecule has 0 aliphatic rings. The summed E-state index contributed by atoms with van der Waals surface area (Å²) in [6, 6.07) is 12.6. The number of benzene rings is 2. The van der Waals surface area contributed by atoms with E-state index in [1.165, 1.54) is 10.9 Å². The van der Waals surface area contributed by atoms with Gasteiger partial charge in [-0.2, -0.15) is 0 Å². The Kier molecular flexibility index (Phi) is 7.91. The lowest BCUT2D eigenvalue weighted by atomic mass is 10.0. The number of fused-ring (bicyclic) bond motifs is 1. The summed E-state index contributed by atoms with van der Waals surface area (Å²) in [6.07, 6.45) is 0.868. The molecule has 0 saturated heterocycles. The SMILES string of the molecule is CNCCC(Oc1ccc(C)c2ccccc12)c1cscn1.O=C(O)C(=O)O. The van der Waals surface area contributed by atoms with Gasteiger partial charge in [-0.25, -0.2) is 14.6 Å². The molecule has 0 amide bonds. The fourth-order valence-corrected chi connectivity index (χ4v) is 3.20. The third-order valence-corrected chi connectivity index (χ3v) is 4.60. The van der Waals surface area contributed by atoms with Crippen molar-refractivity contribution < 1.29 is 24.5 Å². The standard InChI is InChI=1S/C18H20N2OS.C2H2O4/c1-13-7-8-17(15-6-4-3-5-14(13)15)21-18(9-10-19-2)16-11-22-12-20-16;3-1(4)2(5)6/h3-8,11-12,18-19H,9-10H2,1-2H3;(H,3,4)(H,5,6). The second-order valence-electron chi connectivity index (χ2n) is 5.95. The maximum absolute atomic E-state index is 9.10. The molecular weight excluding hydrogens is 380 g/mol. The first-order chi connectivity index (χ1) is 13.4. The van der Waals surface area contributed by atoms with E-state index in [9.17, 15) is 0 Å². The van der Waals surface area contributed by atoms with Crippen LogP contribution in [-0.2, 0) is 9.59 Å². The van der Waals surface area contributed by atoms with Gasteiger partial charge in [-0.05, 0) is 37.5 Å². The zero-order chi connectivity index (χ0) is 20.5. The minimum atomic E-state index is -1.82. The molecule has 0 spiro atoms. The molecule has 3 N–H and O–H groups in total. The minimum Gasteiger partial charge on any atom is -0.483 e. The van der Waals surface area contributed by atoms with Gasteiger partial charge in [0, 0.05) is 17.2 Å². The summed E-state index contributed by atoms with van der Waals surface area (Å²) in [4.78, 5) is 22.6. The maximum Gasteiger partial charge on any atom is 0.414 e. The summed E-state index contributed by atoms with van der Waals surface area (Å²) in [5, 5.41) is 22.4. The van der Waals surface area contributed by atoms with E-state index in [4.69, 9.17) is 24.5 Å². The van der Waals surface area contributed by atoms with Crippen LogP contribution < -0.4 is 10.1 Å². The van der Waals surface area contributed by atoms with Gasteiger partial charge >= 0.3 is 11.9 Å². The molecule has 0 saturated carbocycles. The number of rotatable bonds is 6. The number of carboxylic acid groups (broad SMARTS) is 2. The average molecular weight is 402 g/mol. The van der Waals surface area contributed by atoms with E-state index in [0.29, 0.717) is 0 Å². The molecule has 148 valence electrons. The van der Waals surface area contributed by atoms with Crippen molar-refractivity contribution in [1.82, 2.24) is 10.3 Å². The fourth-order valence-electron chi connectivity index (χ4n) is 2.60. The molecule has 2 aromatic carbocycles. The normalized spacial score (nSPS) is 11.4. The number of ether oxygens (including phenoxy) is 1. The molecule has 0 aliphatic carbocycles. The Morgan fingerprint density at radius 3 is 2.39 bits per heavy atom. The highest BCUT2D eigenvalue weighted by Gasteiger charge is 2.16. The molecule has 1 unspecified atom stereocenters. The van der Waals surface area contributed by atoms with Crippen molar-refractivity contribution in [2.45, 2.75) is 19.4 Å². The Morgan fingerprint density at radius 2 is 1.82 bits per heavy atom. The van der Waals surface area contributed by atoms with E-state index in [0.717, 1.165) is 29.8 Å². The highest BCUT2D eigenvalue weighted by Crippen LogP contribution is 2.32. The summed E-state index contributed by atoms with van der Waals surface area (Å²) in [5.41, 5.74) is 4.13. The first-order valence-corrected chi connectivity index (χ1v) is 9.52. The Hall–Kier alpha value is -2.97. The number of aliphatic carboxylic acids is 2. The lowest BCUT2D eigenvalue weighted by molar-refractivity contribution is -0.159. The largest absolute Gasteiger partial charge is 0.483 e. The van der Waals surface area contributed by atoms with Crippen molar-refractivity contribution in [2.24, 2.45) is 0 Å². The second-order valence-corrected chi connectivity index (χ2v) is 6.67. The number of hydrogen-bond acceptors (Lipinski definition) is 6. The van der Waals surface area contributed by atoms with Crippen LogP contribution in [0.1, 0.15) is 23.8 Å². The van der Waals surface area contributed by atoms with Crippen LogP contribution in [0, 0.1) is 6.92 Å². The predicted molar refractivity (Wildman–Crippen MR) is 108 cm³/mol. The maximum atomic E-state index is 9.10. The van der Waals surface area contributed by atoms with Crippen molar-refractivity contribution in [2.75, 3.05) is 13.6 Å². The number of aryl methyl sites for hydroxylation is 1. The molecule has 8 heteroatoms. The highest BCUT2D eigenvalue weighted by atomic mass is 32.1. The van der Waals surface area contributed by atoms with Gasteiger partial charge in [0.1, 0.15) is 11.9 Å². The summed E-state index contributed by atoms with van der Waals surface area (Å²) in [7, 11) is 1.96. The fraction of sp³-hybridized carbons (Fsp3) is 0.250. The van der Waals surface area contributed by atoms with Gasteiger partial charge < -0.3 is 20.3 Å². The molecule has 1 heterocycles. The zero-order valence-electron chi connectivity index (χ0n) is 15.6. The van der Waals surface area contributed by atoms with E-state index >= 15 is 0 Å². The Balaban J connectivity index is 0.000000409. The molecule has 3 rings (SSSR count). The quantitative estimate of drug-likeness (QED) is 0.542. The van der Waals surface area contributed by atoms with Crippen molar-refractivity contribution in [3.8, 4) is 5.75 Å². The lowest BCUT2D eigenvalue weighted by Gasteiger charge is -2.19. The predicted octanol–water partition coefficient (Wildman–Crippen LogP) is 3.49. The molecule has 0 bridgehead atoms. The van der Waals surface area contributed by atoms with Crippen molar-refractivity contribution in [3.05, 3.63) is 58.5 Å². The summed E-state index contributed by atoms with van der Waals surface area (Å²) in [5.74, 6) is -2.72. The van der Waals surface area contributed by atoms with Gasteiger partial charge in [-0.3, -0.25) is 0 Å². The number of aromatic nitrogens is 1. The average Bonchev–Trinajstić information content (AvgIpc) is 3.22. The Morgan fingerprint density at radius 1 is 1.14 bits per heavy atom. The van der Waals surface area contributed by atoms with Gasteiger partial charge in [0.2, 0.25) is 0 Å². The smallest absolute Gasteiger partial charge is 0.414 e. The topological polar surface area (TPSA) is 109 Å². The van der Waals surface area contributed by atoms with Crippen LogP contribution >= 0.6 is 11.3 Å². The summed E-state index contributed by atoms with van der Waals surface area (Å²) in [6.45, 7) is 3.02. The Bertz CT molecular complexity index is 916. The first kappa shape index (κ1) is 21.3. The van der Waals surface area contributed by atoms with Crippen molar-refractivity contribution in [3.63, 3.8) is 0 Å². The second kappa shape index (κ2) is 10.4. The number of hydrogen-bond donors (Lipinski definition) is 3. The van der Waals surface area contributed by atoms with Crippen LogP contribution in [0.3, 0.4) is 0 Å². The van der Waals surface area contributed by atoms with Crippen LogP contribution in [0.15, 0.2) is 47.3 Å². The van der Waals surface area contributed by atoms with Crippen LogP contribution in [0.5, 0.6) is 5.75 Å². The lowest BCUT2D eigenvalue weighted by Crippen LogP contribution is -2.16. The molecular formula is C20H22N2O5S. The van der Waals surface area contributed by atoms with Crippen LogP contribution in [0.2, 0.25) is 0 Å². The van der Waals surface area contributed by atoms with E-state index in [-0.39, 0.29) is 6.10 Å². The Labute approximate surface area is 166 Å². The van der Waals surface area contributed by atoms with Crippen LogP contribution in [0.4, 0.5) is 0 Å². The molecule has 7 nitrogen and oxygen atoms in total. The number of thiazole rings is 1. The van der Waals surface area contributed by atoms with Gasteiger partial charge in [-0.1, -0.05) is 30.3 Å². The summed E-state index contributed by atoms with van der Waals surface area (Å²) >= 11 is 1.61. The third kappa shape index (κ3) is 5.77. The molecule has 0 radical (unpaired) electrons. The number of nitrogens with one attached hydrogen (secondary N) is 1. The minimum absolute atomic E-state index is 0.0233. The summed E-state index contributed by atoms with van der Waals surface area (Å²) < 4.78 is 6.33. The molecule has 28 heavy (non-hydrogen) atoms. The van der Waals surface area contributed by atoms with Crippen molar-refractivity contribution in [1.29, 1.82) is 0 Å². The monoisotopic (exact) mass is 402 g/mol. The molecule has 3 aromatic rings.